The van der Waals surface area contributed by atoms with Crippen LogP contribution in [0.1, 0.15) is 20.3 Å². The Morgan fingerprint density at radius 2 is 2.21 bits per heavy atom. The molecule has 0 unspecified atom stereocenters. The van der Waals surface area contributed by atoms with Gasteiger partial charge < -0.3 is 10.6 Å². The van der Waals surface area contributed by atoms with E-state index in [0.717, 1.165) is 24.2 Å². The fraction of sp³-hybridized carbons (Fsp3) is 0.500. The van der Waals surface area contributed by atoms with Gasteiger partial charge in [0.1, 0.15) is 12.1 Å². The molecule has 7 heteroatoms. The molecule has 0 bridgehead atoms. The van der Waals surface area contributed by atoms with Gasteiger partial charge in [-0.25, -0.2) is 9.97 Å². The molecule has 0 saturated carbocycles. The lowest BCUT2D eigenvalue weighted by Crippen LogP contribution is -2.29. The number of hydrogen-bond donors (Lipinski definition) is 3. The number of rotatable bonds is 6. The third-order valence-electron chi connectivity index (χ3n) is 2.72. The molecule has 0 fully saturated rings. The summed E-state index contributed by atoms with van der Waals surface area (Å²) in [5.41, 5.74) is 0.714. The molecular weight excluding hydrogens is 244 g/mol. The molecule has 0 aliphatic carbocycles. The van der Waals surface area contributed by atoms with Gasteiger partial charge in [0.15, 0.2) is 5.65 Å². The number of carbonyl (C=O) groups excluding carboxylic acids is 1. The van der Waals surface area contributed by atoms with Crippen molar-refractivity contribution in [3.05, 3.63) is 12.5 Å². The first-order valence-electron chi connectivity index (χ1n) is 6.34. The zero-order chi connectivity index (χ0) is 13.7. The Morgan fingerprint density at radius 1 is 1.37 bits per heavy atom. The third kappa shape index (κ3) is 3.40. The summed E-state index contributed by atoms with van der Waals surface area (Å²) in [6.07, 6.45) is 4.02. The lowest BCUT2D eigenvalue weighted by molar-refractivity contribution is -0.123. The minimum atomic E-state index is 0.0281. The van der Waals surface area contributed by atoms with Crippen molar-refractivity contribution in [2.24, 2.45) is 5.92 Å². The number of nitrogens with zero attached hydrogens (tertiary/aromatic N) is 3. The summed E-state index contributed by atoms with van der Waals surface area (Å²) in [5.74, 6) is 0.869. The van der Waals surface area contributed by atoms with E-state index < -0.39 is 0 Å². The van der Waals surface area contributed by atoms with Crippen molar-refractivity contribution >= 4 is 22.8 Å². The lowest BCUT2D eigenvalue weighted by Gasteiger charge is -2.08. The highest BCUT2D eigenvalue weighted by atomic mass is 16.1. The first kappa shape index (κ1) is 13.3. The molecule has 0 aromatic carbocycles. The van der Waals surface area contributed by atoms with Gasteiger partial charge in [0.2, 0.25) is 5.91 Å². The summed E-state index contributed by atoms with van der Waals surface area (Å²) in [6, 6.07) is 0. The second-order valence-corrected chi connectivity index (χ2v) is 4.58. The molecule has 19 heavy (non-hydrogen) atoms. The van der Waals surface area contributed by atoms with Gasteiger partial charge in [-0.2, -0.15) is 5.10 Å². The normalized spacial score (nSPS) is 10.9. The molecule has 0 aliphatic heterocycles. The van der Waals surface area contributed by atoms with Gasteiger partial charge in [0, 0.05) is 19.0 Å². The Morgan fingerprint density at radius 3 is 3.00 bits per heavy atom. The molecule has 7 nitrogen and oxygen atoms in total. The molecule has 2 aromatic rings. The minimum absolute atomic E-state index is 0.0281. The Labute approximate surface area is 111 Å². The van der Waals surface area contributed by atoms with Crippen LogP contribution in [0.2, 0.25) is 0 Å². The second-order valence-electron chi connectivity index (χ2n) is 4.58. The maximum Gasteiger partial charge on any atom is 0.222 e. The number of carbonyl (C=O) groups is 1. The molecule has 3 N–H and O–H groups in total. The van der Waals surface area contributed by atoms with Crippen LogP contribution in [0, 0.1) is 5.92 Å². The minimum Gasteiger partial charge on any atom is -0.369 e. The molecule has 2 aromatic heterocycles. The van der Waals surface area contributed by atoms with E-state index in [9.17, 15) is 4.79 Å². The van der Waals surface area contributed by atoms with Crippen molar-refractivity contribution in [2.75, 3.05) is 18.4 Å². The van der Waals surface area contributed by atoms with E-state index in [1.807, 2.05) is 13.8 Å². The van der Waals surface area contributed by atoms with E-state index in [-0.39, 0.29) is 11.8 Å². The van der Waals surface area contributed by atoms with Crippen molar-refractivity contribution in [2.45, 2.75) is 20.3 Å². The summed E-state index contributed by atoms with van der Waals surface area (Å²) in [6.45, 7) is 5.15. The molecule has 2 rings (SSSR count). The van der Waals surface area contributed by atoms with E-state index in [0.29, 0.717) is 12.2 Å². The van der Waals surface area contributed by atoms with Crippen molar-refractivity contribution < 1.29 is 4.79 Å². The summed E-state index contributed by atoms with van der Waals surface area (Å²) in [7, 11) is 0. The average Bonchev–Trinajstić information content (AvgIpc) is 2.87. The van der Waals surface area contributed by atoms with Crippen LogP contribution in [0.15, 0.2) is 12.5 Å². The zero-order valence-corrected chi connectivity index (χ0v) is 11.1. The number of amides is 1. The van der Waals surface area contributed by atoms with Crippen molar-refractivity contribution in [3.8, 4) is 0 Å². The summed E-state index contributed by atoms with van der Waals surface area (Å²) >= 11 is 0. The van der Waals surface area contributed by atoms with E-state index in [1.54, 1.807) is 6.20 Å². The first-order chi connectivity index (χ1) is 9.18. The first-order valence-corrected chi connectivity index (χ1v) is 6.34. The second kappa shape index (κ2) is 6.12. The van der Waals surface area contributed by atoms with Crippen molar-refractivity contribution in [1.82, 2.24) is 25.5 Å². The Hall–Kier alpha value is -2.18. The Balaban J connectivity index is 1.77. The number of anilines is 1. The predicted molar refractivity (Wildman–Crippen MR) is 72.6 cm³/mol. The fourth-order valence-corrected chi connectivity index (χ4v) is 1.62. The van der Waals surface area contributed by atoms with Gasteiger partial charge in [-0.1, -0.05) is 13.8 Å². The Kier molecular flexibility index (Phi) is 4.27. The van der Waals surface area contributed by atoms with E-state index in [4.69, 9.17) is 0 Å². The highest BCUT2D eigenvalue weighted by Crippen LogP contribution is 2.15. The highest BCUT2D eigenvalue weighted by Gasteiger charge is 2.06. The van der Waals surface area contributed by atoms with Crippen LogP contribution < -0.4 is 10.6 Å². The molecule has 0 atom stereocenters. The summed E-state index contributed by atoms with van der Waals surface area (Å²) in [5, 5.41) is 13.7. The lowest BCUT2D eigenvalue weighted by atomic mass is 10.2. The third-order valence-corrected chi connectivity index (χ3v) is 2.72. The van der Waals surface area contributed by atoms with Gasteiger partial charge in [-0.3, -0.25) is 9.89 Å². The average molecular weight is 262 g/mol. The summed E-state index contributed by atoms with van der Waals surface area (Å²) in [4.78, 5) is 19.6. The van der Waals surface area contributed by atoms with Gasteiger partial charge in [-0.05, 0) is 6.42 Å². The van der Waals surface area contributed by atoms with Gasteiger partial charge in [-0.15, -0.1) is 0 Å². The van der Waals surface area contributed by atoms with Gasteiger partial charge in [0.05, 0.1) is 11.6 Å². The van der Waals surface area contributed by atoms with Crippen molar-refractivity contribution in [3.63, 3.8) is 0 Å². The number of aromatic amines is 1. The molecular formula is C12H18N6O. The SMILES string of the molecule is CC(C)C(=O)NCCCNc1ncnc2[nH]ncc12. The fourth-order valence-electron chi connectivity index (χ4n) is 1.62. The number of hydrogen-bond acceptors (Lipinski definition) is 5. The standard InChI is InChI=1S/C12H18N6O/c1-8(2)12(19)14-5-3-4-13-10-9-6-17-18-11(9)16-7-15-10/h6-8H,3-5H2,1-2H3,(H,14,19)(H2,13,15,16,17,18). The van der Waals surface area contributed by atoms with Crippen LogP contribution in [0.4, 0.5) is 5.82 Å². The number of fused-ring (bicyclic) bond motifs is 1. The monoisotopic (exact) mass is 262 g/mol. The molecule has 0 aliphatic rings. The zero-order valence-electron chi connectivity index (χ0n) is 11.1. The Bertz CT molecular complexity index is 550. The topological polar surface area (TPSA) is 95.6 Å². The summed E-state index contributed by atoms with van der Waals surface area (Å²) < 4.78 is 0. The van der Waals surface area contributed by atoms with Crippen LogP contribution in [-0.4, -0.2) is 39.2 Å². The van der Waals surface area contributed by atoms with E-state index in [1.165, 1.54) is 6.33 Å². The number of nitrogens with one attached hydrogen (secondary N) is 3. The molecule has 0 radical (unpaired) electrons. The predicted octanol–water partition coefficient (Wildman–Crippen LogP) is 0.927. The number of aromatic nitrogens is 4. The van der Waals surface area contributed by atoms with Crippen LogP contribution in [0.25, 0.3) is 11.0 Å². The molecule has 0 spiro atoms. The van der Waals surface area contributed by atoms with Gasteiger partial charge in [0.25, 0.3) is 0 Å². The molecule has 1 amide bonds. The van der Waals surface area contributed by atoms with Crippen LogP contribution in [0.5, 0.6) is 0 Å². The van der Waals surface area contributed by atoms with E-state index >= 15 is 0 Å². The highest BCUT2D eigenvalue weighted by molar-refractivity contribution is 5.85. The smallest absolute Gasteiger partial charge is 0.222 e. The van der Waals surface area contributed by atoms with Crippen LogP contribution in [0.3, 0.4) is 0 Å². The van der Waals surface area contributed by atoms with Crippen LogP contribution >= 0.6 is 0 Å². The van der Waals surface area contributed by atoms with Gasteiger partial charge >= 0.3 is 0 Å². The molecule has 2 heterocycles. The largest absolute Gasteiger partial charge is 0.369 e. The van der Waals surface area contributed by atoms with Crippen LogP contribution in [-0.2, 0) is 4.79 Å². The maximum atomic E-state index is 11.4. The van der Waals surface area contributed by atoms with E-state index in [2.05, 4.69) is 30.8 Å². The maximum absolute atomic E-state index is 11.4. The molecule has 0 saturated heterocycles. The van der Waals surface area contributed by atoms with Crippen molar-refractivity contribution in [1.29, 1.82) is 0 Å². The number of H-pyrrole nitrogens is 1. The quantitative estimate of drug-likeness (QED) is 0.673. The molecule has 102 valence electrons.